The highest BCUT2D eigenvalue weighted by Crippen LogP contribution is 2.20. The molecule has 2 aliphatic heterocycles. The average molecular weight is 198 g/mol. The van der Waals surface area contributed by atoms with Crippen LogP contribution in [0.5, 0.6) is 0 Å². The Morgan fingerprint density at radius 1 is 1.29 bits per heavy atom. The van der Waals surface area contributed by atoms with Gasteiger partial charge >= 0.3 is 5.97 Å². The van der Waals surface area contributed by atoms with Gasteiger partial charge in [0.25, 0.3) is 0 Å². The summed E-state index contributed by atoms with van der Waals surface area (Å²) in [6, 6.07) is 0.451. The number of hydrogen-bond acceptors (Lipinski definition) is 3. The second kappa shape index (κ2) is 4.28. The highest BCUT2D eigenvalue weighted by molar-refractivity contribution is 5.70. The first-order chi connectivity index (χ1) is 6.77. The van der Waals surface area contributed by atoms with Crippen LogP contribution in [0.25, 0.3) is 0 Å². The van der Waals surface area contributed by atoms with E-state index in [1.807, 2.05) is 0 Å². The van der Waals surface area contributed by atoms with Crippen molar-refractivity contribution in [1.82, 2.24) is 10.2 Å². The van der Waals surface area contributed by atoms with Crippen LogP contribution in [0.4, 0.5) is 0 Å². The third-order valence-corrected chi connectivity index (χ3v) is 3.33. The van der Waals surface area contributed by atoms with Crippen LogP contribution >= 0.6 is 0 Å². The maximum Gasteiger partial charge on any atom is 0.307 e. The molecule has 0 amide bonds. The minimum Gasteiger partial charge on any atom is -0.481 e. The van der Waals surface area contributed by atoms with Crippen LogP contribution in [0.3, 0.4) is 0 Å². The highest BCUT2D eigenvalue weighted by Gasteiger charge is 2.31. The molecule has 0 aromatic carbocycles. The predicted octanol–water partition coefficient (Wildman–Crippen LogP) is 0.145. The lowest BCUT2D eigenvalue weighted by Crippen LogP contribution is -2.49. The summed E-state index contributed by atoms with van der Waals surface area (Å²) < 4.78 is 0. The standard InChI is InChI=1S/C10H18N2O2/c13-10(14)8-5-9(7-11-6-8)12-3-1-2-4-12/h8-9,11H,1-7H2,(H,13,14). The number of carboxylic acids is 1. The quantitative estimate of drug-likeness (QED) is 0.663. The molecule has 2 fully saturated rings. The highest BCUT2D eigenvalue weighted by atomic mass is 16.4. The summed E-state index contributed by atoms with van der Waals surface area (Å²) in [4.78, 5) is 13.3. The van der Waals surface area contributed by atoms with Crippen LogP contribution in [0.15, 0.2) is 0 Å². The minimum atomic E-state index is -0.651. The molecule has 2 saturated heterocycles. The van der Waals surface area contributed by atoms with Gasteiger partial charge in [-0.05, 0) is 32.4 Å². The van der Waals surface area contributed by atoms with E-state index in [2.05, 4.69) is 10.2 Å². The van der Waals surface area contributed by atoms with E-state index in [9.17, 15) is 4.79 Å². The Bertz CT molecular complexity index is 214. The Labute approximate surface area is 84.3 Å². The zero-order valence-corrected chi connectivity index (χ0v) is 8.41. The van der Waals surface area contributed by atoms with Gasteiger partial charge in [0.05, 0.1) is 5.92 Å². The molecule has 0 aliphatic carbocycles. The smallest absolute Gasteiger partial charge is 0.307 e. The topological polar surface area (TPSA) is 52.6 Å². The Balaban J connectivity index is 1.89. The summed E-state index contributed by atoms with van der Waals surface area (Å²) >= 11 is 0. The van der Waals surface area contributed by atoms with Crippen LogP contribution in [0.1, 0.15) is 19.3 Å². The predicted molar refractivity (Wildman–Crippen MR) is 53.2 cm³/mol. The first-order valence-corrected chi connectivity index (χ1v) is 5.45. The van der Waals surface area contributed by atoms with E-state index in [1.54, 1.807) is 0 Å². The van der Waals surface area contributed by atoms with Gasteiger partial charge < -0.3 is 10.4 Å². The fraction of sp³-hybridized carbons (Fsp3) is 0.900. The lowest BCUT2D eigenvalue weighted by atomic mass is 9.95. The van der Waals surface area contributed by atoms with Gasteiger partial charge in [0.15, 0.2) is 0 Å². The number of nitrogens with one attached hydrogen (secondary N) is 1. The van der Waals surface area contributed by atoms with Crippen LogP contribution < -0.4 is 5.32 Å². The van der Waals surface area contributed by atoms with Gasteiger partial charge in [0, 0.05) is 19.1 Å². The molecule has 2 aliphatic rings. The third-order valence-electron chi connectivity index (χ3n) is 3.33. The zero-order chi connectivity index (χ0) is 9.97. The SMILES string of the molecule is O=C(O)C1CNCC(N2CCCC2)C1. The lowest BCUT2D eigenvalue weighted by molar-refractivity contribution is -0.142. The molecule has 2 heterocycles. The van der Waals surface area contributed by atoms with Crippen molar-refractivity contribution in [2.45, 2.75) is 25.3 Å². The van der Waals surface area contributed by atoms with Crippen molar-refractivity contribution in [2.24, 2.45) is 5.92 Å². The molecule has 0 aromatic rings. The molecule has 2 atom stereocenters. The van der Waals surface area contributed by atoms with Gasteiger partial charge in [-0.15, -0.1) is 0 Å². The maximum absolute atomic E-state index is 10.9. The van der Waals surface area contributed by atoms with Gasteiger partial charge in [-0.25, -0.2) is 0 Å². The molecule has 0 saturated carbocycles. The molecule has 0 radical (unpaired) electrons. The number of nitrogens with zero attached hydrogens (tertiary/aromatic N) is 1. The normalized spacial score (nSPS) is 34.6. The van der Waals surface area contributed by atoms with E-state index in [1.165, 1.54) is 12.8 Å². The van der Waals surface area contributed by atoms with Crippen LogP contribution in [-0.2, 0) is 4.79 Å². The summed E-state index contributed by atoms with van der Waals surface area (Å²) in [5.41, 5.74) is 0. The number of carboxylic acid groups (broad SMARTS) is 1. The summed E-state index contributed by atoms with van der Waals surface area (Å²) in [5.74, 6) is -0.837. The molecule has 2 rings (SSSR count). The number of aliphatic carboxylic acids is 1. The number of rotatable bonds is 2. The molecule has 80 valence electrons. The van der Waals surface area contributed by atoms with Crippen molar-refractivity contribution < 1.29 is 9.90 Å². The average Bonchev–Trinajstić information content (AvgIpc) is 2.71. The Morgan fingerprint density at radius 3 is 2.64 bits per heavy atom. The molecule has 2 N–H and O–H groups in total. The molecule has 0 spiro atoms. The van der Waals surface area contributed by atoms with E-state index in [4.69, 9.17) is 5.11 Å². The van der Waals surface area contributed by atoms with Gasteiger partial charge in [-0.2, -0.15) is 0 Å². The summed E-state index contributed by atoms with van der Waals surface area (Å²) in [6.45, 7) is 3.90. The van der Waals surface area contributed by atoms with E-state index in [0.717, 1.165) is 26.1 Å². The molecule has 14 heavy (non-hydrogen) atoms. The minimum absolute atomic E-state index is 0.186. The van der Waals surface area contributed by atoms with Gasteiger partial charge in [0.2, 0.25) is 0 Å². The molecule has 0 bridgehead atoms. The van der Waals surface area contributed by atoms with Crippen LogP contribution in [-0.4, -0.2) is 48.2 Å². The molecule has 4 nitrogen and oxygen atoms in total. The summed E-state index contributed by atoms with van der Waals surface area (Å²) in [7, 11) is 0. The van der Waals surface area contributed by atoms with Crippen molar-refractivity contribution >= 4 is 5.97 Å². The molecular weight excluding hydrogens is 180 g/mol. The van der Waals surface area contributed by atoms with Crippen molar-refractivity contribution in [1.29, 1.82) is 0 Å². The van der Waals surface area contributed by atoms with E-state index in [0.29, 0.717) is 12.6 Å². The summed E-state index contributed by atoms with van der Waals surface area (Å²) in [5, 5.41) is 12.2. The van der Waals surface area contributed by atoms with Crippen molar-refractivity contribution in [3.05, 3.63) is 0 Å². The third kappa shape index (κ3) is 2.07. The largest absolute Gasteiger partial charge is 0.481 e. The van der Waals surface area contributed by atoms with Crippen LogP contribution in [0.2, 0.25) is 0 Å². The van der Waals surface area contributed by atoms with Crippen molar-refractivity contribution in [2.75, 3.05) is 26.2 Å². The van der Waals surface area contributed by atoms with Gasteiger partial charge in [0.1, 0.15) is 0 Å². The molecule has 0 aromatic heterocycles. The Kier molecular flexibility index (Phi) is 3.03. The van der Waals surface area contributed by atoms with E-state index >= 15 is 0 Å². The monoisotopic (exact) mass is 198 g/mol. The number of piperidine rings is 1. The van der Waals surface area contributed by atoms with Gasteiger partial charge in [-0.1, -0.05) is 0 Å². The first-order valence-electron chi connectivity index (χ1n) is 5.45. The summed E-state index contributed by atoms with van der Waals surface area (Å²) in [6.07, 6.45) is 3.37. The zero-order valence-electron chi connectivity index (χ0n) is 8.41. The fourth-order valence-electron chi connectivity index (χ4n) is 2.49. The van der Waals surface area contributed by atoms with Crippen molar-refractivity contribution in [3.63, 3.8) is 0 Å². The van der Waals surface area contributed by atoms with E-state index < -0.39 is 5.97 Å². The second-order valence-electron chi connectivity index (χ2n) is 4.33. The fourth-order valence-corrected chi connectivity index (χ4v) is 2.49. The Hall–Kier alpha value is -0.610. The van der Waals surface area contributed by atoms with Gasteiger partial charge in [-0.3, -0.25) is 9.69 Å². The molecule has 4 heteroatoms. The Morgan fingerprint density at radius 2 is 2.00 bits per heavy atom. The first kappa shape index (κ1) is 9.93. The molecular formula is C10H18N2O2. The van der Waals surface area contributed by atoms with Crippen LogP contribution in [0, 0.1) is 5.92 Å². The van der Waals surface area contributed by atoms with Crippen molar-refractivity contribution in [3.8, 4) is 0 Å². The number of hydrogen-bond donors (Lipinski definition) is 2. The number of likely N-dealkylation sites (tertiary alicyclic amines) is 1. The number of carbonyl (C=O) groups is 1. The molecule has 2 unspecified atom stereocenters. The maximum atomic E-state index is 10.9. The lowest BCUT2D eigenvalue weighted by Gasteiger charge is -2.34. The second-order valence-corrected chi connectivity index (χ2v) is 4.33. The van der Waals surface area contributed by atoms with E-state index in [-0.39, 0.29) is 5.92 Å².